The van der Waals surface area contributed by atoms with Crippen molar-refractivity contribution in [3.05, 3.63) is 114 Å². The highest BCUT2D eigenvalue weighted by atomic mass is 32.1. The van der Waals surface area contributed by atoms with Crippen molar-refractivity contribution < 1.29 is 19.0 Å². The summed E-state index contributed by atoms with van der Waals surface area (Å²) >= 11 is 2.86. The zero-order valence-electron chi connectivity index (χ0n) is 25.8. The minimum Gasteiger partial charge on any atom is -0.493 e. The van der Waals surface area contributed by atoms with E-state index in [2.05, 4.69) is 15.6 Å². The molecule has 0 aliphatic heterocycles. The van der Waals surface area contributed by atoms with Crippen molar-refractivity contribution in [1.29, 1.82) is 0 Å². The van der Waals surface area contributed by atoms with Crippen LogP contribution in [0.15, 0.2) is 102 Å². The van der Waals surface area contributed by atoms with Gasteiger partial charge in [0.1, 0.15) is 15.7 Å². The molecule has 0 unspecified atom stereocenters. The normalized spacial score (nSPS) is 11.2. The van der Waals surface area contributed by atoms with Gasteiger partial charge >= 0.3 is 0 Å². The third kappa shape index (κ3) is 7.11. The number of carbonyl (C=O) groups is 1. The van der Waals surface area contributed by atoms with Crippen LogP contribution >= 0.6 is 22.7 Å². The number of nitrogens with one attached hydrogen (secondary N) is 2. The number of hydrogen-bond acceptors (Lipinski definition) is 10. The van der Waals surface area contributed by atoms with Crippen LogP contribution in [0.3, 0.4) is 0 Å². The summed E-state index contributed by atoms with van der Waals surface area (Å²) in [4.78, 5) is 23.7. The number of aromatic nitrogens is 2. The molecule has 0 fully saturated rings. The molecule has 0 radical (unpaired) electrons. The maximum absolute atomic E-state index is 13.6. The van der Waals surface area contributed by atoms with Gasteiger partial charge in [0.15, 0.2) is 16.6 Å². The van der Waals surface area contributed by atoms with Crippen LogP contribution < -0.4 is 30.6 Å². The number of hydrogen-bond donors (Lipinski definition) is 3. The molecule has 1 amide bonds. The first-order valence-electron chi connectivity index (χ1n) is 14.5. The van der Waals surface area contributed by atoms with Crippen LogP contribution in [0.1, 0.15) is 11.1 Å². The van der Waals surface area contributed by atoms with Crippen molar-refractivity contribution in [2.45, 2.75) is 0 Å². The molecule has 0 bridgehead atoms. The van der Waals surface area contributed by atoms with E-state index in [9.17, 15) is 4.79 Å². The number of nitrogen functional groups attached to an aromatic ring is 1. The average molecular weight is 662 g/mol. The number of nitrogens with two attached hydrogens (primary N) is 1. The molecule has 0 aliphatic carbocycles. The minimum absolute atomic E-state index is 0.208. The monoisotopic (exact) mass is 661 g/mol. The molecule has 0 saturated heterocycles. The van der Waals surface area contributed by atoms with E-state index in [0.29, 0.717) is 45.1 Å². The SMILES string of the molecule is COc1cc(Nc2nc(N)c(-c3nc(-c4cccc(NC(=O)/C(=C/c5ccccc5)c5ccccc5)c4)cs3)s2)cc(OC)c1OC. The van der Waals surface area contributed by atoms with E-state index in [1.54, 1.807) is 33.5 Å². The maximum atomic E-state index is 13.6. The number of ether oxygens (including phenoxy) is 3. The second-order valence-corrected chi connectivity index (χ2v) is 12.0. The van der Waals surface area contributed by atoms with Crippen LogP contribution in [-0.2, 0) is 4.79 Å². The Kier molecular flexibility index (Phi) is 9.46. The van der Waals surface area contributed by atoms with Gasteiger partial charge in [0.05, 0.1) is 27.0 Å². The second kappa shape index (κ2) is 14.2. The van der Waals surface area contributed by atoms with E-state index in [-0.39, 0.29) is 5.91 Å². The fourth-order valence-electron chi connectivity index (χ4n) is 4.89. The van der Waals surface area contributed by atoms with Gasteiger partial charge < -0.3 is 30.6 Å². The zero-order valence-corrected chi connectivity index (χ0v) is 27.4. The van der Waals surface area contributed by atoms with Crippen LogP contribution in [-0.4, -0.2) is 37.2 Å². The average Bonchev–Trinajstić information content (AvgIpc) is 3.74. The maximum Gasteiger partial charge on any atom is 0.256 e. The molecular weight excluding hydrogens is 631 g/mol. The summed E-state index contributed by atoms with van der Waals surface area (Å²) in [6.45, 7) is 0. The van der Waals surface area contributed by atoms with Crippen molar-refractivity contribution in [2.24, 2.45) is 0 Å². The van der Waals surface area contributed by atoms with Gasteiger partial charge in [-0.1, -0.05) is 84.1 Å². The standard InChI is InChI=1S/C36H31N5O4S2/c1-43-29-19-26(20-30(44-2)31(29)45-3)39-36-41-33(37)32(47-36)35-40-28(21-46-35)24-15-10-16-25(18-24)38-34(42)27(23-13-8-5-9-14-23)17-22-11-6-4-7-12-22/h4-21H,37H2,1-3H3,(H,38,42)(H,39,41)/b27-17+. The first-order valence-corrected chi connectivity index (χ1v) is 16.2. The predicted octanol–water partition coefficient (Wildman–Crippen LogP) is 8.46. The van der Waals surface area contributed by atoms with E-state index in [1.807, 2.05) is 96.4 Å². The van der Waals surface area contributed by atoms with Crippen molar-refractivity contribution >= 4 is 62.6 Å². The lowest BCUT2D eigenvalue weighted by Gasteiger charge is -2.14. The Morgan fingerprint density at radius 3 is 2.19 bits per heavy atom. The van der Waals surface area contributed by atoms with Gasteiger partial charge in [0.2, 0.25) is 5.75 Å². The fraction of sp³-hybridized carbons (Fsp3) is 0.0833. The number of nitrogens with zero attached hydrogens (tertiary/aromatic N) is 2. The summed E-state index contributed by atoms with van der Waals surface area (Å²) in [6, 6.07) is 30.6. The Bertz CT molecular complexity index is 2020. The molecule has 0 atom stereocenters. The third-order valence-corrected chi connectivity index (χ3v) is 9.11. The fourth-order valence-corrected chi connectivity index (χ4v) is 6.73. The van der Waals surface area contributed by atoms with Gasteiger partial charge in [-0.25, -0.2) is 9.97 Å². The number of rotatable bonds is 11. The van der Waals surface area contributed by atoms with Crippen molar-refractivity contribution in [3.63, 3.8) is 0 Å². The van der Waals surface area contributed by atoms with Gasteiger partial charge in [-0.05, 0) is 29.3 Å². The van der Waals surface area contributed by atoms with E-state index in [0.717, 1.165) is 32.3 Å². The Labute approximate surface area is 280 Å². The van der Waals surface area contributed by atoms with Crippen molar-refractivity contribution in [1.82, 2.24) is 9.97 Å². The Morgan fingerprint density at radius 1 is 0.809 bits per heavy atom. The summed E-state index contributed by atoms with van der Waals surface area (Å²) in [6.07, 6.45) is 1.89. The molecule has 2 heterocycles. The lowest BCUT2D eigenvalue weighted by molar-refractivity contribution is -0.111. The van der Waals surface area contributed by atoms with E-state index < -0.39 is 0 Å². The Morgan fingerprint density at radius 2 is 1.51 bits per heavy atom. The molecule has 47 heavy (non-hydrogen) atoms. The summed E-state index contributed by atoms with van der Waals surface area (Å²) in [5, 5.41) is 9.64. The number of benzene rings is 4. The van der Waals surface area contributed by atoms with Crippen LogP contribution in [0.5, 0.6) is 17.2 Å². The highest BCUT2D eigenvalue weighted by Crippen LogP contribution is 2.43. The van der Waals surface area contributed by atoms with Crippen LogP contribution in [0, 0.1) is 0 Å². The summed E-state index contributed by atoms with van der Waals surface area (Å²) < 4.78 is 16.3. The number of carbonyl (C=O) groups excluding carboxylic acids is 1. The molecule has 0 saturated carbocycles. The largest absolute Gasteiger partial charge is 0.493 e. The molecule has 0 spiro atoms. The summed E-state index contributed by atoms with van der Waals surface area (Å²) in [7, 11) is 4.69. The van der Waals surface area contributed by atoms with Gasteiger partial charge in [-0.15, -0.1) is 11.3 Å². The molecular formula is C36H31N5O4S2. The first kappa shape index (κ1) is 31.3. The molecule has 9 nitrogen and oxygen atoms in total. The van der Waals surface area contributed by atoms with E-state index in [4.69, 9.17) is 24.9 Å². The summed E-state index contributed by atoms with van der Waals surface area (Å²) in [5.41, 5.74) is 11.7. The van der Waals surface area contributed by atoms with Gasteiger partial charge in [0.25, 0.3) is 5.91 Å². The van der Waals surface area contributed by atoms with Crippen LogP contribution in [0.2, 0.25) is 0 Å². The van der Waals surface area contributed by atoms with E-state index >= 15 is 0 Å². The number of anilines is 4. The van der Waals surface area contributed by atoms with Crippen LogP contribution in [0.25, 0.3) is 32.8 Å². The molecule has 6 rings (SSSR count). The Balaban J connectivity index is 1.22. The van der Waals surface area contributed by atoms with Crippen molar-refractivity contribution in [2.75, 3.05) is 37.7 Å². The third-order valence-electron chi connectivity index (χ3n) is 7.12. The molecule has 0 aliphatic rings. The molecule has 4 aromatic carbocycles. The quantitative estimate of drug-likeness (QED) is 0.0934. The zero-order chi connectivity index (χ0) is 32.8. The smallest absolute Gasteiger partial charge is 0.256 e. The minimum atomic E-state index is -0.208. The van der Waals surface area contributed by atoms with Crippen LogP contribution in [0.4, 0.5) is 22.3 Å². The lowest BCUT2D eigenvalue weighted by atomic mass is 10.0. The number of thiazole rings is 2. The lowest BCUT2D eigenvalue weighted by Crippen LogP contribution is -2.13. The van der Waals surface area contributed by atoms with Crippen molar-refractivity contribution in [3.8, 4) is 38.4 Å². The topological polar surface area (TPSA) is 121 Å². The number of amides is 1. The number of methoxy groups -OCH3 is 3. The van der Waals surface area contributed by atoms with Gasteiger partial charge in [-0.3, -0.25) is 4.79 Å². The molecule has 6 aromatic rings. The first-order chi connectivity index (χ1) is 22.9. The van der Waals surface area contributed by atoms with E-state index in [1.165, 1.54) is 22.7 Å². The summed E-state index contributed by atoms with van der Waals surface area (Å²) in [5.74, 6) is 1.70. The van der Waals surface area contributed by atoms with Gasteiger partial charge in [-0.2, -0.15) is 0 Å². The molecule has 2 aromatic heterocycles. The molecule has 11 heteroatoms. The van der Waals surface area contributed by atoms with Gasteiger partial charge in [0, 0.05) is 40.0 Å². The molecule has 236 valence electrons. The Hall–Kier alpha value is -5.65. The second-order valence-electron chi connectivity index (χ2n) is 10.2. The highest BCUT2D eigenvalue weighted by molar-refractivity contribution is 7.23. The molecule has 4 N–H and O–H groups in total. The predicted molar refractivity (Wildman–Crippen MR) is 192 cm³/mol. The highest BCUT2D eigenvalue weighted by Gasteiger charge is 2.18.